The van der Waals surface area contributed by atoms with Crippen LogP contribution in [0.5, 0.6) is 11.6 Å². The van der Waals surface area contributed by atoms with E-state index in [1.807, 2.05) is 0 Å². The quantitative estimate of drug-likeness (QED) is 0.669. The second-order valence-electron chi connectivity index (χ2n) is 5.43. The molecule has 8 nitrogen and oxygen atoms in total. The van der Waals surface area contributed by atoms with Crippen molar-refractivity contribution in [1.82, 2.24) is 15.0 Å². The van der Waals surface area contributed by atoms with Crippen LogP contribution in [0.4, 0.5) is 18.9 Å². The average Bonchev–Trinajstić information content (AvgIpc) is 2.69. The molecule has 0 aliphatic carbocycles. The summed E-state index contributed by atoms with van der Waals surface area (Å²) in [5.74, 6) is -0.463. The number of rotatable bonds is 5. The zero-order valence-electron chi connectivity index (χ0n) is 14.3. The van der Waals surface area contributed by atoms with Crippen molar-refractivity contribution >= 4 is 21.4 Å². The second kappa shape index (κ2) is 7.83. The molecular formula is C17H11F3N4O4S. The van der Waals surface area contributed by atoms with E-state index in [-0.39, 0.29) is 11.6 Å². The lowest BCUT2D eigenvalue weighted by Crippen LogP contribution is -2.27. The smallest absolute Gasteiger partial charge is 0.438 e. The second-order valence-corrected chi connectivity index (χ2v) is 7.29. The maximum absolute atomic E-state index is 12.8. The molecular weight excluding hydrogens is 413 g/mol. The van der Waals surface area contributed by atoms with Crippen LogP contribution in [0.2, 0.25) is 0 Å². The predicted molar refractivity (Wildman–Crippen MR) is 94.0 cm³/mol. The number of halogens is 3. The number of benzene rings is 1. The summed E-state index contributed by atoms with van der Waals surface area (Å²) in [5, 5.41) is 0.951. The Morgan fingerprint density at radius 3 is 2.34 bits per heavy atom. The van der Waals surface area contributed by atoms with Gasteiger partial charge in [-0.15, -0.1) is 0 Å². The number of amides is 1. The van der Waals surface area contributed by atoms with Gasteiger partial charge in [-0.05, 0) is 36.4 Å². The third kappa shape index (κ3) is 4.48. The van der Waals surface area contributed by atoms with Gasteiger partial charge in [0.05, 0.1) is 11.8 Å². The van der Waals surface area contributed by atoms with Crippen LogP contribution >= 0.6 is 0 Å². The highest BCUT2D eigenvalue weighted by molar-refractivity contribution is 7.92. The minimum absolute atomic E-state index is 0.195. The highest BCUT2D eigenvalue weighted by Crippen LogP contribution is 2.31. The molecule has 2 heterocycles. The van der Waals surface area contributed by atoms with E-state index < -0.39 is 31.8 Å². The molecule has 2 aromatic heterocycles. The lowest BCUT2D eigenvalue weighted by atomic mass is 10.2. The number of hydrogen-bond donors (Lipinski definition) is 1. The zero-order chi connectivity index (χ0) is 21.1. The fourth-order valence-electron chi connectivity index (χ4n) is 2.15. The van der Waals surface area contributed by atoms with Gasteiger partial charge < -0.3 is 10.1 Å². The molecule has 0 bridgehead atoms. The van der Waals surface area contributed by atoms with Gasteiger partial charge in [-0.2, -0.15) is 13.2 Å². The molecule has 0 fully saturated rings. The summed E-state index contributed by atoms with van der Waals surface area (Å²) in [6.45, 7) is 0. The molecule has 0 saturated heterocycles. The highest BCUT2D eigenvalue weighted by atomic mass is 32.2. The molecule has 3 rings (SSSR count). The summed E-state index contributed by atoms with van der Waals surface area (Å²) in [7, 11) is -5.79. The Balaban J connectivity index is 1.79. The molecule has 1 N–H and O–H groups in total. The van der Waals surface area contributed by atoms with Gasteiger partial charge in [-0.25, -0.2) is 18.4 Å². The van der Waals surface area contributed by atoms with E-state index >= 15 is 0 Å². The van der Waals surface area contributed by atoms with E-state index in [9.17, 15) is 26.4 Å². The van der Waals surface area contributed by atoms with Crippen LogP contribution in [0.3, 0.4) is 0 Å². The van der Waals surface area contributed by atoms with Gasteiger partial charge >= 0.3 is 5.51 Å². The number of alkyl halides is 3. The molecule has 0 atom stereocenters. The van der Waals surface area contributed by atoms with Gasteiger partial charge in [-0.1, -0.05) is 0 Å². The first-order chi connectivity index (χ1) is 13.7. The number of ether oxygens (including phenoxy) is 1. The first-order valence-corrected chi connectivity index (χ1v) is 9.28. The van der Waals surface area contributed by atoms with E-state index in [0.717, 1.165) is 18.3 Å². The zero-order valence-corrected chi connectivity index (χ0v) is 15.1. The number of sulfone groups is 1. The Labute approximate surface area is 162 Å². The SMILES string of the molecule is O=C(Nc1ccc(Oc2cnccn2)cc1)c1cccnc1S(=O)(=O)C(F)(F)F. The van der Waals surface area contributed by atoms with E-state index in [0.29, 0.717) is 5.75 Å². The molecule has 0 saturated carbocycles. The van der Waals surface area contributed by atoms with E-state index in [2.05, 4.69) is 20.3 Å². The van der Waals surface area contributed by atoms with Gasteiger partial charge in [-0.3, -0.25) is 9.78 Å². The molecule has 0 spiro atoms. The molecule has 0 aliphatic rings. The summed E-state index contributed by atoms with van der Waals surface area (Å²) in [4.78, 5) is 23.4. The number of pyridine rings is 1. The number of hydrogen-bond acceptors (Lipinski definition) is 7. The number of carbonyl (C=O) groups excluding carboxylic acids is 1. The Bertz CT molecular complexity index is 1120. The molecule has 0 aliphatic heterocycles. The van der Waals surface area contributed by atoms with Crippen LogP contribution in [-0.2, 0) is 9.84 Å². The van der Waals surface area contributed by atoms with Gasteiger partial charge in [0.1, 0.15) is 5.75 Å². The lowest BCUT2D eigenvalue weighted by Gasteiger charge is -2.12. The highest BCUT2D eigenvalue weighted by Gasteiger charge is 2.49. The Morgan fingerprint density at radius 2 is 1.72 bits per heavy atom. The van der Waals surface area contributed by atoms with Gasteiger partial charge in [0, 0.05) is 24.3 Å². The Morgan fingerprint density at radius 1 is 1.00 bits per heavy atom. The van der Waals surface area contributed by atoms with Crippen molar-refractivity contribution < 1.29 is 31.1 Å². The number of aromatic nitrogens is 3. The summed E-state index contributed by atoms with van der Waals surface area (Å²) in [5.41, 5.74) is -6.12. The van der Waals surface area contributed by atoms with Gasteiger partial charge in [0.15, 0.2) is 5.03 Å². The van der Waals surface area contributed by atoms with Crippen molar-refractivity contribution in [2.75, 3.05) is 5.32 Å². The molecule has 1 aromatic carbocycles. The topological polar surface area (TPSA) is 111 Å². The normalized spacial score (nSPS) is 11.7. The molecule has 3 aromatic rings. The van der Waals surface area contributed by atoms with Crippen LogP contribution in [0.25, 0.3) is 0 Å². The fraction of sp³-hybridized carbons (Fsp3) is 0.0588. The molecule has 150 valence electrons. The van der Waals surface area contributed by atoms with Crippen molar-refractivity contribution in [2.45, 2.75) is 10.5 Å². The summed E-state index contributed by atoms with van der Waals surface area (Å²) < 4.78 is 67.2. The van der Waals surface area contributed by atoms with Crippen LogP contribution < -0.4 is 10.1 Å². The number of nitrogens with zero attached hydrogens (tertiary/aromatic N) is 3. The van der Waals surface area contributed by atoms with Crippen molar-refractivity contribution in [1.29, 1.82) is 0 Å². The first kappa shape index (κ1) is 20.2. The minimum atomic E-state index is -5.79. The molecule has 0 unspecified atom stereocenters. The van der Waals surface area contributed by atoms with Gasteiger partial charge in [0.25, 0.3) is 15.7 Å². The van der Waals surface area contributed by atoms with Crippen molar-refractivity contribution in [3.63, 3.8) is 0 Å². The Kier molecular flexibility index (Phi) is 5.46. The molecule has 1 amide bonds. The molecule has 0 radical (unpaired) electrons. The monoisotopic (exact) mass is 424 g/mol. The Hall–Kier alpha value is -3.54. The van der Waals surface area contributed by atoms with Crippen LogP contribution in [0.1, 0.15) is 10.4 Å². The maximum Gasteiger partial charge on any atom is 0.503 e. The van der Waals surface area contributed by atoms with Crippen LogP contribution in [0.15, 0.2) is 66.2 Å². The molecule has 12 heteroatoms. The number of carbonyl (C=O) groups is 1. The van der Waals surface area contributed by atoms with Crippen LogP contribution in [-0.4, -0.2) is 34.8 Å². The van der Waals surface area contributed by atoms with E-state index in [4.69, 9.17) is 4.74 Å². The largest absolute Gasteiger partial charge is 0.503 e. The van der Waals surface area contributed by atoms with Crippen LogP contribution in [0, 0.1) is 0 Å². The average molecular weight is 424 g/mol. The van der Waals surface area contributed by atoms with Gasteiger partial charge in [0.2, 0.25) is 5.88 Å². The van der Waals surface area contributed by atoms with Crippen molar-refractivity contribution in [2.24, 2.45) is 0 Å². The summed E-state index contributed by atoms with van der Waals surface area (Å²) in [6.07, 6.45) is 5.15. The third-order valence-corrected chi connectivity index (χ3v) is 4.89. The van der Waals surface area contributed by atoms with E-state index in [1.54, 1.807) is 0 Å². The maximum atomic E-state index is 12.8. The number of anilines is 1. The fourth-order valence-corrected chi connectivity index (χ4v) is 3.02. The van der Waals surface area contributed by atoms with Crippen molar-refractivity contribution in [3.05, 3.63) is 66.7 Å². The first-order valence-electron chi connectivity index (χ1n) is 7.80. The van der Waals surface area contributed by atoms with Crippen molar-refractivity contribution in [3.8, 4) is 11.6 Å². The van der Waals surface area contributed by atoms with E-state index in [1.165, 1.54) is 42.9 Å². The minimum Gasteiger partial charge on any atom is -0.438 e. The lowest BCUT2D eigenvalue weighted by molar-refractivity contribution is -0.0438. The predicted octanol–water partition coefficient (Wildman–Crippen LogP) is 3.21. The summed E-state index contributed by atoms with van der Waals surface area (Å²) in [6, 6.07) is 7.87. The number of nitrogens with one attached hydrogen (secondary N) is 1. The molecule has 29 heavy (non-hydrogen) atoms. The summed E-state index contributed by atoms with van der Waals surface area (Å²) >= 11 is 0. The standard InChI is InChI=1S/C17H11F3N4O4S/c18-17(19,20)29(26,27)16-13(2-1-7-23-16)15(25)24-11-3-5-12(6-4-11)28-14-10-21-8-9-22-14/h1-10H,(H,24,25). The third-order valence-electron chi connectivity index (χ3n) is 3.45.